The van der Waals surface area contributed by atoms with Crippen LogP contribution >= 0.6 is 0 Å². The molecule has 0 bridgehead atoms. The van der Waals surface area contributed by atoms with Gasteiger partial charge in [0.2, 0.25) is 0 Å². The first-order valence-electron chi connectivity index (χ1n) is 22.3. The Morgan fingerprint density at radius 2 is 1.03 bits per heavy atom. The lowest BCUT2D eigenvalue weighted by atomic mass is 9.79. The lowest BCUT2D eigenvalue weighted by Crippen LogP contribution is -2.23. The van der Waals surface area contributed by atoms with Gasteiger partial charge in [-0.1, -0.05) is 151 Å². The highest BCUT2D eigenvalue weighted by atomic mass is 16.3. The van der Waals surface area contributed by atoms with Gasteiger partial charge in [0.1, 0.15) is 11.0 Å². The zero-order valence-electron chi connectivity index (χ0n) is 34.9. The number of nitrogens with zero attached hydrogens (tertiary/aromatic N) is 2. The van der Waals surface area contributed by atoms with Gasteiger partial charge in [0.05, 0.1) is 22.2 Å². The Hall–Kier alpha value is -8.32. The summed E-state index contributed by atoms with van der Waals surface area (Å²) in [5, 5.41) is 5.98. The maximum atomic E-state index is 6.62. The van der Waals surface area contributed by atoms with Crippen LogP contribution in [0.5, 0.6) is 0 Å². The van der Waals surface area contributed by atoms with E-state index >= 15 is 0 Å². The smallest absolute Gasteiger partial charge is 0.144 e. The molecule has 0 aliphatic heterocycles. The van der Waals surface area contributed by atoms with Crippen LogP contribution in [0.3, 0.4) is 0 Å². The molecule has 298 valence electrons. The molecule has 0 N–H and O–H groups in total. The van der Waals surface area contributed by atoms with Gasteiger partial charge in [-0.05, 0) is 111 Å². The Morgan fingerprint density at radius 1 is 0.469 bits per heavy atom. The Kier molecular flexibility index (Phi) is 7.49. The molecule has 0 fully saturated rings. The molecule has 3 aromatic heterocycles. The molecular weight excluding hydrogens is 777 g/mol. The maximum absolute atomic E-state index is 6.62. The van der Waals surface area contributed by atoms with E-state index in [4.69, 9.17) is 4.42 Å². The molecule has 3 heteroatoms. The highest BCUT2D eigenvalue weighted by molar-refractivity contribution is 6.10. The summed E-state index contributed by atoms with van der Waals surface area (Å²) in [6.07, 6.45) is 9.16. The Morgan fingerprint density at radius 3 is 1.70 bits per heavy atom. The Balaban J connectivity index is 1.13. The molecule has 3 heterocycles. The molecule has 0 amide bonds. The van der Waals surface area contributed by atoms with E-state index in [9.17, 15) is 0 Å². The van der Waals surface area contributed by atoms with Crippen LogP contribution in [0.25, 0.3) is 117 Å². The first-order valence-corrected chi connectivity index (χ1v) is 22.3. The molecule has 14 rings (SSSR count). The summed E-state index contributed by atoms with van der Waals surface area (Å²) >= 11 is 0. The van der Waals surface area contributed by atoms with Gasteiger partial charge in [0.15, 0.2) is 0 Å². The number of furan rings is 1. The lowest BCUT2D eigenvalue weighted by molar-refractivity contribution is 0.576. The molecule has 0 unspecified atom stereocenters. The van der Waals surface area contributed by atoms with E-state index in [-0.39, 0.29) is 0 Å². The van der Waals surface area contributed by atoms with Crippen molar-refractivity contribution < 1.29 is 4.42 Å². The van der Waals surface area contributed by atoms with Gasteiger partial charge in [-0.2, -0.15) is 0 Å². The molecule has 8 aromatic carbocycles. The summed E-state index contributed by atoms with van der Waals surface area (Å²) in [5.74, 6) is 6.90. The molecule has 0 saturated carbocycles. The van der Waals surface area contributed by atoms with E-state index in [1.165, 1.54) is 94.0 Å². The molecule has 0 radical (unpaired) electrons. The van der Waals surface area contributed by atoms with Crippen LogP contribution in [-0.4, -0.2) is 9.13 Å². The standard InChI is InChI=1S/C61H38N2O/c1-2-18-40-39(17-1)41-19-3-5-21-43(41)50-36-53(48-26-10-16-32-60-61(48)49-27-11-15-31-59(49)64-60)58(37-51(50)44-22-6-4-20-42(40)44)63-56-30-14-9-25-47(56)52-35-38(33-34-57(52)63)62-54-28-12-7-23-45(54)46-24-8-13-29-55(46)62/h1-9,11-13,15,17-25,27-29,31-37H,14,26,30H2. The van der Waals surface area contributed by atoms with Gasteiger partial charge in [0.25, 0.3) is 0 Å². The lowest BCUT2D eigenvalue weighted by Gasteiger charge is -2.26. The highest BCUT2D eigenvalue weighted by Crippen LogP contribution is 2.50. The number of fused-ring (bicyclic) bond motifs is 17. The van der Waals surface area contributed by atoms with Gasteiger partial charge in [0, 0.05) is 61.8 Å². The van der Waals surface area contributed by atoms with E-state index in [0.717, 1.165) is 51.4 Å². The molecule has 0 saturated heterocycles. The number of para-hydroxylation sites is 3. The largest absolute Gasteiger partial charge is 0.455 e. The predicted octanol–water partition coefficient (Wildman–Crippen LogP) is 13.8. The Bertz CT molecular complexity index is 4010. The van der Waals surface area contributed by atoms with Crippen molar-refractivity contribution in [1.82, 2.24) is 9.13 Å². The van der Waals surface area contributed by atoms with Crippen LogP contribution in [-0.2, 0) is 6.42 Å². The molecule has 3 aliphatic rings. The van der Waals surface area contributed by atoms with E-state index in [2.05, 4.69) is 209 Å². The van der Waals surface area contributed by atoms with Gasteiger partial charge in [-0.15, -0.1) is 0 Å². The van der Waals surface area contributed by atoms with Crippen LogP contribution in [0.4, 0.5) is 0 Å². The van der Waals surface area contributed by atoms with Crippen LogP contribution < -0.4 is 10.6 Å². The van der Waals surface area contributed by atoms with Gasteiger partial charge < -0.3 is 13.6 Å². The minimum absolute atomic E-state index is 0.582. The average molecular weight is 815 g/mol. The van der Waals surface area contributed by atoms with Crippen molar-refractivity contribution in [2.45, 2.75) is 19.3 Å². The highest BCUT2D eigenvalue weighted by Gasteiger charge is 2.28. The molecule has 0 spiro atoms. The van der Waals surface area contributed by atoms with Gasteiger partial charge in [-0.25, -0.2) is 0 Å². The van der Waals surface area contributed by atoms with Crippen molar-refractivity contribution >= 4 is 61.4 Å². The molecule has 11 aromatic rings. The normalized spacial score (nSPS) is 13.5. The fourth-order valence-corrected chi connectivity index (χ4v) is 11.2. The summed E-state index contributed by atoms with van der Waals surface area (Å²) in [4.78, 5) is 0. The van der Waals surface area contributed by atoms with Crippen molar-refractivity contribution in [2.24, 2.45) is 0 Å². The molecular formula is C61H38N2O. The monoisotopic (exact) mass is 814 g/mol. The summed E-state index contributed by atoms with van der Waals surface area (Å²) in [7, 11) is 0. The second-order valence-electron chi connectivity index (χ2n) is 17.2. The number of rotatable bonds is 3. The minimum Gasteiger partial charge on any atom is -0.455 e. The van der Waals surface area contributed by atoms with E-state index < -0.39 is 0 Å². The van der Waals surface area contributed by atoms with Gasteiger partial charge in [-0.3, -0.25) is 0 Å². The summed E-state index contributed by atoms with van der Waals surface area (Å²) in [6, 6.07) is 64.9. The van der Waals surface area contributed by atoms with Crippen LogP contribution in [0.15, 0.2) is 186 Å². The van der Waals surface area contributed by atoms with Gasteiger partial charge >= 0.3 is 0 Å². The first kappa shape index (κ1) is 35.3. The van der Waals surface area contributed by atoms with Crippen LogP contribution in [0.2, 0.25) is 0 Å². The van der Waals surface area contributed by atoms with E-state index in [1.54, 1.807) is 0 Å². The quantitative estimate of drug-likeness (QED) is 0.163. The third-order valence-corrected chi connectivity index (χ3v) is 13.9. The zero-order valence-corrected chi connectivity index (χ0v) is 34.9. The van der Waals surface area contributed by atoms with Crippen molar-refractivity contribution in [3.05, 3.63) is 209 Å². The number of hydrogen-bond donors (Lipinski definition) is 0. The van der Waals surface area contributed by atoms with Crippen LogP contribution in [0, 0.1) is 11.8 Å². The van der Waals surface area contributed by atoms with Crippen molar-refractivity contribution in [3.63, 3.8) is 0 Å². The Labute approximate surface area is 369 Å². The fourth-order valence-electron chi connectivity index (χ4n) is 11.2. The third-order valence-electron chi connectivity index (χ3n) is 13.9. The number of hydrogen-bond acceptors (Lipinski definition) is 1. The maximum Gasteiger partial charge on any atom is 0.144 e. The van der Waals surface area contributed by atoms with E-state index in [1.807, 2.05) is 6.08 Å². The summed E-state index contributed by atoms with van der Waals surface area (Å²) in [6.45, 7) is 0. The molecule has 0 atom stereocenters. The molecule has 64 heavy (non-hydrogen) atoms. The second-order valence-corrected chi connectivity index (χ2v) is 17.2. The van der Waals surface area contributed by atoms with Crippen LogP contribution in [0.1, 0.15) is 29.7 Å². The minimum atomic E-state index is 0.582. The zero-order chi connectivity index (χ0) is 41.9. The number of benzene rings is 8. The van der Waals surface area contributed by atoms with Crippen molar-refractivity contribution in [2.75, 3.05) is 0 Å². The summed E-state index contributed by atoms with van der Waals surface area (Å²) < 4.78 is 11.6. The molecule has 3 nitrogen and oxygen atoms in total. The fraction of sp³-hybridized carbons (Fsp3) is 0.0492. The number of aromatic nitrogens is 2. The first-order chi connectivity index (χ1) is 31.8. The molecule has 3 aliphatic carbocycles. The second kappa shape index (κ2) is 13.6. The average Bonchev–Trinajstić information content (AvgIpc) is 3.95. The summed E-state index contributed by atoms with van der Waals surface area (Å²) in [5.41, 5.74) is 22.4. The third kappa shape index (κ3) is 5.00. The van der Waals surface area contributed by atoms with Crippen molar-refractivity contribution in [1.29, 1.82) is 0 Å². The van der Waals surface area contributed by atoms with E-state index in [0.29, 0.717) is 6.42 Å². The number of allylic oxidation sites excluding steroid dienone is 1. The topological polar surface area (TPSA) is 23.0 Å². The predicted molar refractivity (Wildman–Crippen MR) is 265 cm³/mol. The SMILES string of the molecule is C1#CCC(c2cc3c(cc2-n2c4c(c5cc(-n6c7ccccc7c7ccccc76)ccc52)C=CCC4)-c2ccccc2-c2ccccc2-c2ccccc2-3)=c2c(oc3ccccc23)=C1. The van der Waals surface area contributed by atoms with Crippen molar-refractivity contribution in [3.8, 4) is 67.7 Å².